The van der Waals surface area contributed by atoms with Crippen LogP contribution in [-0.2, 0) is 30.3 Å². The minimum absolute atomic E-state index is 0.0676. The molecule has 1 heterocycles. The van der Waals surface area contributed by atoms with E-state index in [1.54, 1.807) is 51.1 Å². The SMILES string of the molecule is CC(C)(C)OC(=O)CCC(CO)NC(=O)c1cccc(CNC(=O)C2=CC3OCOC3C(O)C2)c1. The maximum Gasteiger partial charge on any atom is 0.306 e. The second-order valence-electron chi connectivity index (χ2n) is 9.70. The molecule has 0 saturated carbocycles. The van der Waals surface area contributed by atoms with Gasteiger partial charge in [-0.1, -0.05) is 12.1 Å². The molecule has 1 aromatic carbocycles. The van der Waals surface area contributed by atoms with Crippen molar-refractivity contribution in [3.05, 3.63) is 47.0 Å². The summed E-state index contributed by atoms with van der Waals surface area (Å²) in [6, 6.07) is 6.14. The number of carbonyl (C=O) groups excluding carboxylic acids is 3. The van der Waals surface area contributed by atoms with E-state index in [1.807, 2.05) is 0 Å². The highest BCUT2D eigenvalue weighted by molar-refractivity contribution is 5.95. The summed E-state index contributed by atoms with van der Waals surface area (Å²) in [5.74, 6) is -1.12. The zero-order chi connectivity index (χ0) is 25.6. The van der Waals surface area contributed by atoms with Crippen LogP contribution in [0.3, 0.4) is 0 Å². The van der Waals surface area contributed by atoms with Gasteiger partial charge in [0.25, 0.3) is 5.91 Å². The highest BCUT2D eigenvalue weighted by atomic mass is 16.7. The minimum atomic E-state index is -0.810. The van der Waals surface area contributed by atoms with Gasteiger partial charge >= 0.3 is 5.97 Å². The summed E-state index contributed by atoms with van der Waals surface area (Å²) in [4.78, 5) is 37.2. The molecule has 2 aliphatic rings. The first-order valence-corrected chi connectivity index (χ1v) is 11.7. The molecule has 4 N–H and O–H groups in total. The van der Waals surface area contributed by atoms with Gasteiger partial charge in [0.2, 0.25) is 5.91 Å². The van der Waals surface area contributed by atoms with Crippen LogP contribution in [0.4, 0.5) is 0 Å². The van der Waals surface area contributed by atoms with Crippen LogP contribution in [-0.4, -0.2) is 71.4 Å². The van der Waals surface area contributed by atoms with Crippen molar-refractivity contribution in [2.45, 2.75) is 76.5 Å². The molecule has 10 nitrogen and oxygen atoms in total. The summed E-state index contributed by atoms with van der Waals surface area (Å²) >= 11 is 0. The van der Waals surface area contributed by atoms with Crippen LogP contribution < -0.4 is 10.6 Å². The molecule has 1 saturated heterocycles. The largest absolute Gasteiger partial charge is 0.460 e. The zero-order valence-corrected chi connectivity index (χ0v) is 20.3. The molecule has 10 heteroatoms. The Kier molecular flexibility index (Phi) is 9.01. The molecule has 0 bridgehead atoms. The molecular weight excluding hydrogens is 456 g/mol. The number of aliphatic hydroxyl groups excluding tert-OH is 2. The molecule has 192 valence electrons. The molecule has 1 fully saturated rings. The Morgan fingerprint density at radius 3 is 2.69 bits per heavy atom. The van der Waals surface area contributed by atoms with Gasteiger partial charge in [0.05, 0.1) is 18.8 Å². The molecule has 0 aromatic heterocycles. The second kappa shape index (κ2) is 11.8. The maximum absolute atomic E-state index is 12.7. The van der Waals surface area contributed by atoms with Crippen LogP contribution in [0.25, 0.3) is 0 Å². The molecule has 4 unspecified atom stereocenters. The molecule has 4 atom stereocenters. The second-order valence-corrected chi connectivity index (χ2v) is 9.70. The summed E-state index contributed by atoms with van der Waals surface area (Å²) in [5, 5.41) is 25.3. The molecule has 1 aliphatic heterocycles. The Morgan fingerprint density at radius 2 is 1.97 bits per heavy atom. The fourth-order valence-electron chi connectivity index (χ4n) is 3.92. The summed E-state index contributed by atoms with van der Waals surface area (Å²) < 4.78 is 16.0. The lowest BCUT2D eigenvalue weighted by atomic mass is 9.92. The van der Waals surface area contributed by atoms with Gasteiger partial charge in [-0.15, -0.1) is 0 Å². The van der Waals surface area contributed by atoms with Crippen LogP contribution in [0, 0.1) is 0 Å². The van der Waals surface area contributed by atoms with Crippen molar-refractivity contribution >= 4 is 17.8 Å². The summed E-state index contributed by atoms with van der Waals surface area (Å²) in [6.45, 7) is 5.27. The fraction of sp³-hybridized carbons (Fsp3) is 0.560. The lowest BCUT2D eigenvalue weighted by molar-refractivity contribution is -0.155. The lowest BCUT2D eigenvalue weighted by Crippen LogP contribution is -2.40. The Bertz CT molecular complexity index is 955. The summed E-state index contributed by atoms with van der Waals surface area (Å²) in [6.07, 6.45) is 0.452. The number of rotatable bonds is 9. The molecule has 1 aliphatic carbocycles. The highest BCUT2D eigenvalue weighted by Gasteiger charge is 2.39. The molecule has 1 aromatic rings. The number of fused-ring (bicyclic) bond motifs is 1. The lowest BCUT2D eigenvalue weighted by Gasteiger charge is -2.26. The fourth-order valence-corrected chi connectivity index (χ4v) is 3.92. The summed E-state index contributed by atoms with van der Waals surface area (Å²) in [7, 11) is 0. The van der Waals surface area contributed by atoms with Gasteiger partial charge in [-0.2, -0.15) is 0 Å². The van der Waals surface area contributed by atoms with Crippen LogP contribution in [0.5, 0.6) is 0 Å². The number of hydrogen-bond donors (Lipinski definition) is 4. The number of nitrogens with one attached hydrogen (secondary N) is 2. The van der Waals surface area contributed by atoms with Crippen LogP contribution >= 0.6 is 0 Å². The number of aliphatic hydroxyl groups is 2. The smallest absolute Gasteiger partial charge is 0.306 e. The van der Waals surface area contributed by atoms with Crippen LogP contribution in [0.1, 0.15) is 56.0 Å². The van der Waals surface area contributed by atoms with Crippen molar-refractivity contribution in [1.82, 2.24) is 10.6 Å². The van der Waals surface area contributed by atoms with E-state index in [9.17, 15) is 24.6 Å². The van der Waals surface area contributed by atoms with Crippen molar-refractivity contribution in [3.63, 3.8) is 0 Å². The molecule has 2 amide bonds. The van der Waals surface area contributed by atoms with E-state index in [4.69, 9.17) is 14.2 Å². The first kappa shape index (κ1) is 26.8. The van der Waals surface area contributed by atoms with Crippen molar-refractivity contribution in [2.75, 3.05) is 13.4 Å². The zero-order valence-electron chi connectivity index (χ0n) is 20.3. The van der Waals surface area contributed by atoms with Gasteiger partial charge in [0, 0.05) is 30.5 Å². The van der Waals surface area contributed by atoms with Gasteiger partial charge in [-0.3, -0.25) is 14.4 Å². The third-order valence-electron chi connectivity index (χ3n) is 5.62. The van der Waals surface area contributed by atoms with Crippen molar-refractivity contribution in [3.8, 4) is 0 Å². The first-order valence-electron chi connectivity index (χ1n) is 11.7. The average Bonchev–Trinajstić information content (AvgIpc) is 3.28. The van der Waals surface area contributed by atoms with Crippen molar-refractivity contribution in [2.24, 2.45) is 0 Å². The molecule has 0 spiro atoms. The summed E-state index contributed by atoms with van der Waals surface area (Å²) in [5.41, 5.74) is 0.892. The molecular formula is C25H34N2O8. The minimum Gasteiger partial charge on any atom is -0.460 e. The van der Waals surface area contributed by atoms with Crippen LogP contribution in [0.2, 0.25) is 0 Å². The highest BCUT2D eigenvalue weighted by Crippen LogP contribution is 2.28. The monoisotopic (exact) mass is 490 g/mol. The topological polar surface area (TPSA) is 143 Å². The normalized spacial score (nSPS) is 22.5. The predicted molar refractivity (Wildman–Crippen MR) is 125 cm³/mol. The molecule has 0 radical (unpaired) electrons. The average molecular weight is 491 g/mol. The number of benzene rings is 1. The number of ether oxygens (including phenoxy) is 3. The Balaban J connectivity index is 1.52. The van der Waals surface area contributed by atoms with Crippen LogP contribution in [0.15, 0.2) is 35.9 Å². The van der Waals surface area contributed by atoms with E-state index in [2.05, 4.69) is 10.6 Å². The Morgan fingerprint density at radius 1 is 1.20 bits per heavy atom. The number of carbonyl (C=O) groups is 3. The van der Waals surface area contributed by atoms with E-state index in [0.717, 1.165) is 0 Å². The maximum atomic E-state index is 12.7. The van der Waals surface area contributed by atoms with E-state index in [0.29, 0.717) is 16.7 Å². The predicted octanol–water partition coefficient (Wildman–Crippen LogP) is 0.948. The van der Waals surface area contributed by atoms with Gasteiger partial charge in [-0.05, 0) is 51.0 Å². The van der Waals surface area contributed by atoms with E-state index >= 15 is 0 Å². The number of amides is 2. The molecule has 35 heavy (non-hydrogen) atoms. The third-order valence-corrected chi connectivity index (χ3v) is 5.62. The Labute approximate surface area is 204 Å². The van der Waals surface area contributed by atoms with Gasteiger partial charge in [0.1, 0.15) is 24.6 Å². The number of hydrogen-bond acceptors (Lipinski definition) is 8. The molecule has 3 rings (SSSR count). The first-order chi connectivity index (χ1) is 16.6. The van der Waals surface area contributed by atoms with Crippen molar-refractivity contribution in [1.29, 1.82) is 0 Å². The van der Waals surface area contributed by atoms with Gasteiger partial charge < -0.3 is 35.1 Å². The number of esters is 1. The van der Waals surface area contributed by atoms with E-state index < -0.39 is 41.8 Å². The Hall–Kier alpha value is -2.79. The standard InChI is InChI=1S/C25H34N2O8/c1-25(2,3)35-21(30)8-7-18(13-28)27-24(32)16-6-4-5-15(9-16)12-26-23(31)17-10-19(29)22-20(11-17)33-14-34-22/h4-6,9,11,18-20,22,28-29H,7-8,10,12-14H2,1-3H3,(H,26,31)(H,27,32). The third kappa shape index (κ3) is 7.86. The van der Waals surface area contributed by atoms with Gasteiger partial charge in [-0.25, -0.2) is 0 Å². The van der Waals surface area contributed by atoms with E-state index in [1.165, 1.54) is 0 Å². The van der Waals surface area contributed by atoms with Crippen molar-refractivity contribution < 1.29 is 38.8 Å². The van der Waals surface area contributed by atoms with Gasteiger partial charge in [0.15, 0.2) is 0 Å². The van der Waals surface area contributed by atoms with E-state index in [-0.39, 0.29) is 45.1 Å². The quantitative estimate of drug-likeness (QED) is 0.375.